The molecule has 3 rings (SSSR count). The molecule has 2 atom stereocenters. The highest BCUT2D eigenvalue weighted by atomic mass is 16.5. The van der Waals surface area contributed by atoms with Crippen molar-refractivity contribution in [1.29, 1.82) is 0 Å². The Bertz CT molecular complexity index is 917. The molecule has 0 radical (unpaired) electrons. The van der Waals surface area contributed by atoms with Crippen LogP contribution in [0.2, 0.25) is 0 Å². The number of nitrogens with one attached hydrogen (secondary N) is 1. The van der Waals surface area contributed by atoms with E-state index in [1.807, 2.05) is 23.7 Å². The molecule has 5 heteroatoms. The van der Waals surface area contributed by atoms with Gasteiger partial charge in [0.25, 0.3) is 0 Å². The molecular weight excluding hydrogens is 338 g/mol. The SMILES string of the molecule is CCOc1cccc2cc([C@H](C)N[C@@H](C)c3cn(C(C)(C)C)nc3C)oc12. The topological polar surface area (TPSA) is 52.2 Å². The van der Waals surface area contributed by atoms with E-state index in [-0.39, 0.29) is 17.6 Å². The first-order valence-corrected chi connectivity index (χ1v) is 9.68. The molecule has 0 unspecified atom stereocenters. The van der Waals surface area contributed by atoms with Crippen LogP contribution in [0.15, 0.2) is 34.9 Å². The molecule has 0 amide bonds. The second-order valence-corrected chi connectivity index (χ2v) is 8.15. The fourth-order valence-corrected chi connectivity index (χ4v) is 3.33. The molecule has 27 heavy (non-hydrogen) atoms. The van der Waals surface area contributed by atoms with Gasteiger partial charge in [-0.1, -0.05) is 12.1 Å². The Balaban J connectivity index is 1.81. The normalized spacial score (nSPS) is 14.5. The Morgan fingerprint density at radius 1 is 1.22 bits per heavy atom. The van der Waals surface area contributed by atoms with Crippen molar-refractivity contribution in [2.75, 3.05) is 6.61 Å². The second kappa shape index (κ2) is 7.39. The summed E-state index contributed by atoms with van der Waals surface area (Å²) in [6, 6.07) is 8.32. The number of para-hydroxylation sites is 1. The molecule has 0 aliphatic heterocycles. The van der Waals surface area contributed by atoms with E-state index in [9.17, 15) is 0 Å². The third-order valence-corrected chi connectivity index (χ3v) is 4.84. The van der Waals surface area contributed by atoms with Gasteiger partial charge in [0.2, 0.25) is 0 Å². The van der Waals surface area contributed by atoms with Gasteiger partial charge in [-0.05, 0) is 60.6 Å². The van der Waals surface area contributed by atoms with Crippen LogP contribution in [0.1, 0.15) is 70.6 Å². The number of rotatable bonds is 6. The summed E-state index contributed by atoms with van der Waals surface area (Å²) >= 11 is 0. The highest BCUT2D eigenvalue weighted by Gasteiger charge is 2.22. The van der Waals surface area contributed by atoms with Crippen LogP contribution in [-0.2, 0) is 5.54 Å². The molecule has 0 saturated carbocycles. The van der Waals surface area contributed by atoms with Gasteiger partial charge in [0.1, 0.15) is 5.76 Å². The van der Waals surface area contributed by atoms with E-state index in [0.29, 0.717) is 6.61 Å². The summed E-state index contributed by atoms with van der Waals surface area (Å²) < 4.78 is 13.9. The highest BCUT2D eigenvalue weighted by molar-refractivity contribution is 5.83. The molecule has 146 valence electrons. The van der Waals surface area contributed by atoms with Gasteiger partial charge in [-0.3, -0.25) is 4.68 Å². The van der Waals surface area contributed by atoms with Crippen molar-refractivity contribution < 1.29 is 9.15 Å². The van der Waals surface area contributed by atoms with E-state index in [4.69, 9.17) is 9.15 Å². The predicted molar refractivity (Wildman–Crippen MR) is 109 cm³/mol. The average molecular weight is 370 g/mol. The molecular formula is C22H31N3O2. The summed E-state index contributed by atoms with van der Waals surface area (Å²) in [5, 5.41) is 9.39. The van der Waals surface area contributed by atoms with Crippen molar-refractivity contribution in [2.24, 2.45) is 0 Å². The van der Waals surface area contributed by atoms with E-state index < -0.39 is 0 Å². The van der Waals surface area contributed by atoms with Crippen molar-refractivity contribution in [3.63, 3.8) is 0 Å². The second-order valence-electron chi connectivity index (χ2n) is 8.15. The molecule has 3 aromatic rings. The van der Waals surface area contributed by atoms with E-state index in [2.05, 4.69) is 70.3 Å². The van der Waals surface area contributed by atoms with Gasteiger partial charge in [-0.2, -0.15) is 5.10 Å². The number of hydrogen-bond acceptors (Lipinski definition) is 4. The molecule has 2 aromatic heterocycles. The number of ether oxygens (including phenoxy) is 1. The molecule has 0 saturated heterocycles. The maximum atomic E-state index is 6.13. The molecule has 0 spiro atoms. The van der Waals surface area contributed by atoms with Gasteiger partial charge in [0, 0.05) is 23.2 Å². The summed E-state index contributed by atoms with van der Waals surface area (Å²) in [6.45, 7) is 15.4. The van der Waals surface area contributed by atoms with Gasteiger partial charge < -0.3 is 14.5 Å². The Labute approximate surface area is 161 Å². The Morgan fingerprint density at radius 2 is 1.96 bits per heavy atom. The summed E-state index contributed by atoms with van der Waals surface area (Å²) in [5.41, 5.74) is 3.05. The lowest BCUT2D eigenvalue weighted by molar-refractivity contribution is 0.335. The molecule has 0 fully saturated rings. The Hall–Kier alpha value is -2.27. The van der Waals surface area contributed by atoms with Gasteiger partial charge >= 0.3 is 0 Å². The largest absolute Gasteiger partial charge is 0.490 e. The molecule has 5 nitrogen and oxygen atoms in total. The number of benzene rings is 1. The molecule has 2 heterocycles. The zero-order valence-electron chi connectivity index (χ0n) is 17.5. The minimum absolute atomic E-state index is 0.0250. The minimum Gasteiger partial charge on any atom is -0.490 e. The summed E-state index contributed by atoms with van der Waals surface area (Å²) in [4.78, 5) is 0. The van der Waals surface area contributed by atoms with Crippen molar-refractivity contribution in [1.82, 2.24) is 15.1 Å². The fourth-order valence-electron chi connectivity index (χ4n) is 3.33. The number of nitrogens with zero attached hydrogens (tertiary/aromatic N) is 2. The summed E-state index contributed by atoms with van der Waals surface area (Å²) in [6.07, 6.45) is 2.14. The molecule has 1 N–H and O–H groups in total. The van der Waals surface area contributed by atoms with Gasteiger partial charge in [-0.15, -0.1) is 0 Å². The van der Waals surface area contributed by atoms with Crippen molar-refractivity contribution in [3.05, 3.63) is 47.5 Å². The lowest BCUT2D eigenvalue weighted by atomic mass is 10.1. The maximum absolute atomic E-state index is 6.13. The monoisotopic (exact) mass is 369 g/mol. The van der Waals surface area contributed by atoms with Gasteiger partial charge in [0.05, 0.1) is 23.9 Å². The van der Waals surface area contributed by atoms with Gasteiger partial charge in [-0.25, -0.2) is 0 Å². The summed E-state index contributed by atoms with van der Waals surface area (Å²) in [5.74, 6) is 1.70. The molecule has 1 aromatic carbocycles. The van der Waals surface area contributed by atoms with E-state index in [0.717, 1.165) is 28.2 Å². The van der Waals surface area contributed by atoms with Crippen LogP contribution in [-0.4, -0.2) is 16.4 Å². The standard InChI is InChI=1S/C22H31N3O2/c1-8-26-19-11-9-10-17-12-20(27-21(17)19)16(4)23-14(2)18-13-25(22(5,6)7)24-15(18)3/h9-14,16,23H,8H2,1-7H3/t14-,16-/m0/s1. The number of furan rings is 1. The number of aryl methyl sites for hydroxylation is 1. The summed E-state index contributed by atoms with van der Waals surface area (Å²) in [7, 11) is 0. The molecule has 0 aliphatic rings. The quantitative estimate of drug-likeness (QED) is 0.623. The van der Waals surface area contributed by atoms with E-state index in [1.54, 1.807) is 0 Å². The smallest absolute Gasteiger partial charge is 0.176 e. The van der Waals surface area contributed by atoms with E-state index >= 15 is 0 Å². The van der Waals surface area contributed by atoms with Crippen LogP contribution in [0.4, 0.5) is 0 Å². The number of hydrogen-bond donors (Lipinski definition) is 1. The first-order valence-electron chi connectivity index (χ1n) is 9.68. The van der Waals surface area contributed by atoms with Crippen LogP contribution in [0.3, 0.4) is 0 Å². The van der Waals surface area contributed by atoms with Crippen molar-refractivity contribution in [3.8, 4) is 5.75 Å². The Kier molecular flexibility index (Phi) is 5.33. The zero-order chi connectivity index (χ0) is 19.8. The first-order chi connectivity index (χ1) is 12.7. The third-order valence-electron chi connectivity index (χ3n) is 4.84. The van der Waals surface area contributed by atoms with Crippen LogP contribution in [0.5, 0.6) is 5.75 Å². The first kappa shape index (κ1) is 19.5. The zero-order valence-corrected chi connectivity index (χ0v) is 17.5. The van der Waals surface area contributed by atoms with Gasteiger partial charge in [0.15, 0.2) is 11.3 Å². The van der Waals surface area contributed by atoms with Crippen LogP contribution in [0.25, 0.3) is 11.0 Å². The maximum Gasteiger partial charge on any atom is 0.176 e. The fraction of sp³-hybridized carbons (Fsp3) is 0.500. The lowest BCUT2D eigenvalue weighted by Gasteiger charge is -2.20. The van der Waals surface area contributed by atoms with Crippen LogP contribution < -0.4 is 10.1 Å². The highest BCUT2D eigenvalue weighted by Crippen LogP contribution is 2.32. The third kappa shape index (κ3) is 4.03. The number of aromatic nitrogens is 2. The average Bonchev–Trinajstić information content (AvgIpc) is 3.19. The van der Waals surface area contributed by atoms with Crippen LogP contribution in [0, 0.1) is 6.92 Å². The molecule has 0 bridgehead atoms. The molecule has 0 aliphatic carbocycles. The minimum atomic E-state index is -0.0250. The van der Waals surface area contributed by atoms with Crippen molar-refractivity contribution in [2.45, 2.75) is 66.1 Å². The number of fused-ring (bicyclic) bond motifs is 1. The lowest BCUT2D eigenvalue weighted by Crippen LogP contribution is -2.23. The Morgan fingerprint density at radius 3 is 2.59 bits per heavy atom. The van der Waals surface area contributed by atoms with Crippen LogP contribution >= 0.6 is 0 Å². The van der Waals surface area contributed by atoms with E-state index in [1.165, 1.54) is 5.56 Å². The predicted octanol–water partition coefficient (Wildman–Crippen LogP) is 5.50. The van der Waals surface area contributed by atoms with Crippen molar-refractivity contribution >= 4 is 11.0 Å².